The molecule has 1 N–H and O–H groups in total. The number of rotatable bonds is 3. The van der Waals surface area contributed by atoms with Crippen molar-refractivity contribution in [2.75, 3.05) is 20.4 Å². The van der Waals surface area contributed by atoms with Gasteiger partial charge in [-0.1, -0.05) is 6.92 Å². The van der Waals surface area contributed by atoms with Gasteiger partial charge in [0.15, 0.2) is 5.11 Å². The van der Waals surface area contributed by atoms with Crippen molar-refractivity contribution in [2.24, 2.45) is 23.2 Å². The molecule has 5 aliphatic rings. The SMILES string of the molecule is CCC(N1CNC(=S)N(C)C1)C12CC3CC(CC(C3)C1)C2. The quantitative estimate of drug-likeness (QED) is 0.808. The fourth-order valence-electron chi connectivity index (χ4n) is 6.56. The van der Waals surface area contributed by atoms with E-state index in [-0.39, 0.29) is 0 Å². The van der Waals surface area contributed by atoms with Crippen molar-refractivity contribution in [1.29, 1.82) is 0 Å². The van der Waals surface area contributed by atoms with Crippen molar-refractivity contribution in [1.82, 2.24) is 15.1 Å². The molecule has 0 spiro atoms. The van der Waals surface area contributed by atoms with Crippen LogP contribution in [0, 0.1) is 23.2 Å². The van der Waals surface area contributed by atoms with Crippen molar-refractivity contribution in [3.8, 4) is 0 Å². The molecule has 1 unspecified atom stereocenters. The van der Waals surface area contributed by atoms with Crippen LogP contribution in [0.1, 0.15) is 51.9 Å². The van der Waals surface area contributed by atoms with Gasteiger partial charge in [-0.25, -0.2) is 0 Å². The first-order valence-corrected chi connectivity index (χ1v) is 9.23. The maximum Gasteiger partial charge on any atom is 0.170 e. The minimum Gasteiger partial charge on any atom is -0.350 e. The van der Waals surface area contributed by atoms with Crippen molar-refractivity contribution in [3.05, 3.63) is 0 Å². The first-order valence-electron chi connectivity index (χ1n) is 8.82. The summed E-state index contributed by atoms with van der Waals surface area (Å²) in [7, 11) is 2.12. The van der Waals surface area contributed by atoms with E-state index in [1.807, 2.05) is 0 Å². The van der Waals surface area contributed by atoms with E-state index < -0.39 is 0 Å². The summed E-state index contributed by atoms with van der Waals surface area (Å²) in [5, 5.41) is 4.32. The molecule has 5 rings (SSSR count). The van der Waals surface area contributed by atoms with Crippen LogP contribution in [-0.4, -0.2) is 41.3 Å². The highest BCUT2D eigenvalue weighted by atomic mass is 32.1. The third-order valence-electron chi connectivity index (χ3n) is 6.79. The van der Waals surface area contributed by atoms with E-state index in [1.165, 1.54) is 44.9 Å². The van der Waals surface area contributed by atoms with Crippen LogP contribution in [0.4, 0.5) is 0 Å². The Kier molecular flexibility index (Phi) is 3.45. The summed E-state index contributed by atoms with van der Waals surface area (Å²) in [5.74, 6) is 3.13. The zero-order valence-electron chi connectivity index (χ0n) is 13.5. The number of nitrogens with zero attached hydrogens (tertiary/aromatic N) is 2. The van der Waals surface area contributed by atoms with E-state index >= 15 is 0 Å². The fraction of sp³-hybridized carbons (Fsp3) is 0.941. The van der Waals surface area contributed by atoms with Gasteiger partial charge in [-0.2, -0.15) is 0 Å². The monoisotopic (exact) mass is 307 g/mol. The van der Waals surface area contributed by atoms with Gasteiger partial charge in [0.1, 0.15) is 0 Å². The average Bonchev–Trinajstić information content (AvgIpc) is 2.41. The molecule has 1 saturated heterocycles. The molecular formula is C17H29N3S. The third-order valence-corrected chi connectivity index (χ3v) is 7.25. The standard InChI is InChI=1S/C17H29N3S/c1-3-15(20-10-18-16(21)19(2)11-20)17-7-12-4-13(8-17)6-14(5-12)9-17/h12-15H,3-11H2,1-2H3,(H,18,21). The molecule has 3 nitrogen and oxygen atoms in total. The molecule has 118 valence electrons. The fourth-order valence-corrected chi connectivity index (χ4v) is 6.69. The molecule has 4 aliphatic carbocycles. The van der Waals surface area contributed by atoms with E-state index in [0.717, 1.165) is 42.2 Å². The molecule has 0 aromatic heterocycles. The van der Waals surface area contributed by atoms with Gasteiger partial charge in [0.05, 0.1) is 13.3 Å². The second kappa shape index (κ2) is 5.09. The molecule has 4 saturated carbocycles. The highest BCUT2D eigenvalue weighted by molar-refractivity contribution is 7.80. The van der Waals surface area contributed by atoms with Crippen molar-refractivity contribution in [3.63, 3.8) is 0 Å². The Morgan fingerprint density at radius 1 is 1.19 bits per heavy atom. The molecule has 21 heavy (non-hydrogen) atoms. The molecule has 1 aliphatic heterocycles. The molecule has 0 radical (unpaired) electrons. The van der Waals surface area contributed by atoms with Gasteiger partial charge in [-0.05, 0) is 80.3 Å². The average molecular weight is 308 g/mol. The Balaban J connectivity index is 1.57. The van der Waals surface area contributed by atoms with Crippen molar-refractivity contribution < 1.29 is 0 Å². The van der Waals surface area contributed by atoms with Gasteiger partial charge in [0.2, 0.25) is 0 Å². The Labute approximate surface area is 134 Å². The van der Waals surface area contributed by atoms with Gasteiger partial charge in [-0.3, -0.25) is 4.90 Å². The molecule has 5 fully saturated rings. The zero-order chi connectivity index (χ0) is 14.6. The lowest BCUT2D eigenvalue weighted by Crippen LogP contribution is -2.63. The summed E-state index contributed by atoms with van der Waals surface area (Å²) >= 11 is 5.36. The summed E-state index contributed by atoms with van der Waals surface area (Å²) in [5.41, 5.74) is 0.616. The highest BCUT2D eigenvalue weighted by Gasteiger charge is 2.55. The summed E-state index contributed by atoms with van der Waals surface area (Å²) in [6.07, 6.45) is 10.4. The van der Waals surface area contributed by atoms with Gasteiger partial charge in [0.25, 0.3) is 0 Å². The molecule has 0 aromatic carbocycles. The molecule has 1 atom stereocenters. The van der Waals surface area contributed by atoms with Gasteiger partial charge < -0.3 is 10.2 Å². The molecule has 0 aromatic rings. The summed E-state index contributed by atoms with van der Waals surface area (Å²) in [6, 6.07) is 0.740. The Morgan fingerprint density at radius 2 is 1.76 bits per heavy atom. The first kappa shape index (κ1) is 14.3. The molecule has 4 bridgehead atoms. The minimum atomic E-state index is 0.616. The van der Waals surface area contributed by atoms with Crippen molar-refractivity contribution >= 4 is 17.3 Å². The molecule has 0 amide bonds. The highest BCUT2D eigenvalue weighted by Crippen LogP contribution is 2.62. The summed E-state index contributed by atoms with van der Waals surface area (Å²) in [6.45, 7) is 4.35. The Hall–Kier alpha value is -0.350. The molecule has 1 heterocycles. The minimum absolute atomic E-state index is 0.616. The maximum absolute atomic E-state index is 5.36. The van der Waals surface area contributed by atoms with Crippen LogP contribution in [0.3, 0.4) is 0 Å². The topological polar surface area (TPSA) is 18.5 Å². The number of hydrogen-bond acceptors (Lipinski definition) is 2. The van der Waals surface area contributed by atoms with Crippen LogP contribution >= 0.6 is 12.2 Å². The number of hydrogen-bond donors (Lipinski definition) is 1. The van der Waals surface area contributed by atoms with E-state index in [0.29, 0.717) is 5.41 Å². The normalized spacial score (nSPS) is 44.0. The largest absolute Gasteiger partial charge is 0.350 e. The Morgan fingerprint density at radius 3 is 2.24 bits per heavy atom. The van der Waals surface area contributed by atoms with E-state index in [1.54, 1.807) is 0 Å². The van der Waals surface area contributed by atoms with Crippen LogP contribution < -0.4 is 5.32 Å². The maximum atomic E-state index is 5.36. The van der Waals surface area contributed by atoms with Crippen LogP contribution in [0.2, 0.25) is 0 Å². The van der Waals surface area contributed by atoms with Crippen LogP contribution in [0.15, 0.2) is 0 Å². The number of thiocarbonyl (C=S) groups is 1. The third kappa shape index (κ3) is 2.29. The molecule has 4 heteroatoms. The second-order valence-electron chi connectivity index (χ2n) is 8.27. The zero-order valence-corrected chi connectivity index (χ0v) is 14.3. The van der Waals surface area contributed by atoms with Crippen LogP contribution in [0.5, 0.6) is 0 Å². The van der Waals surface area contributed by atoms with Gasteiger partial charge in [-0.15, -0.1) is 0 Å². The second-order valence-corrected chi connectivity index (χ2v) is 8.66. The van der Waals surface area contributed by atoms with E-state index in [9.17, 15) is 0 Å². The van der Waals surface area contributed by atoms with Crippen molar-refractivity contribution in [2.45, 2.75) is 57.9 Å². The lowest BCUT2D eigenvalue weighted by molar-refractivity contribution is -0.109. The van der Waals surface area contributed by atoms with Gasteiger partial charge >= 0.3 is 0 Å². The Bertz CT molecular complexity index is 400. The number of nitrogens with one attached hydrogen (secondary N) is 1. The molecular weight excluding hydrogens is 278 g/mol. The van der Waals surface area contributed by atoms with Crippen LogP contribution in [-0.2, 0) is 0 Å². The van der Waals surface area contributed by atoms with Crippen LogP contribution in [0.25, 0.3) is 0 Å². The summed E-state index contributed by atoms with van der Waals surface area (Å²) in [4.78, 5) is 4.87. The lowest BCUT2D eigenvalue weighted by Gasteiger charge is -2.61. The first-order chi connectivity index (χ1) is 10.1. The van der Waals surface area contributed by atoms with E-state index in [2.05, 4.69) is 29.1 Å². The predicted molar refractivity (Wildman–Crippen MR) is 89.8 cm³/mol. The van der Waals surface area contributed by atoms with Gasteiger partial charge in [0, 0.05) is 13.1 Å². The predicted octanol–water partition coefficient (Wildman–Crippen LogP) is 3.02. The van der Waals surface area contributed by atoms with E-state index in [4.69, 9.17) is 12.2 Å². The summed E-state index contributed by atoms with van der Waals surface area (Å²) < 4.78 is 0. The lowest BCUT2D eigenvalue weighted by atomic mass is 9.47. The smallest absolute Gasteiger partial charge is 0.170 e.